The van der Waals surface area contributed by atoms with Crippen LogP contribution in [-0.4, -0.2) is 56.0 Å². The van der Waals surface area contributed by atoms with Crippen molar-refractivity contribution in [1.29, 1.82) is 0 Å². The van der Waals surface area contributed by atoms with Crippen LogP contribution in [0.25, 0.3) is 0 Å². The Balaban J connectivity index is 1.68. The van der Waals surface area contributed by atoms with Crippen molar-refractivity contribution in [2.45, 2.75) is 56.1 Å². The number of piperazine rings is 1. The van der Waals surface area contributed by atoms with E-state index in [-0.39, 0.29) is 16.5 Å². The molecular formula is C19H27F3N2O2S. The maximum Gasteiger partial charge on any atom is 0.395 e. The predicted molar refractivity (Wildman–Crippen MR) is 98.0 cm³/mol. The van der Waals surface area contributed by atoms with Crippen molar-refractivity contribution in [3.8, 4) is 0 Å². The highest BCUT2D eigenvalue weighted by Gasteiger charge is 2.38. The number of nitrogens with zero attached hydrogens (tertiary/aromatic N) is 2. The van der Waals surface area contributed by atoms with E-state index in [4.69, 9.17) is 0 Å². The summed E-state index contributed by atoms with van der Waals surface area (Å²) >= 11 is 0. The molecule has 152 valence electrons. The molecule has 1 heterocycles. The minimum absolute atomic E-state index is 0.0555. The first-order chi connectivity index (χ1) is 12.6. The molecule has 0 bridgehead atoms. The predicted octanol–water partition coefficient (Wildman–Crippen LogP) is 3.85. The van der Waals surface area contributed by atoms with Crippen LogP contribution in [-0.2, 0) is 10.0 Å². The number of hydrogen-bond acceptors (Lipinski definition) is 3. The fourth-order valence-corrected chi connectivity index (χ4v) is 5.45. The van der Waals surface area contributed by atoms with Crippen LogP contribution in [0.5, 0.6) is 0 Å². The monoisotopic (exact) mass is 404 g/mol. The van der Waals surface area contributed by atoms with Gasteiger partial charge in [-0.3, -0.25) is 0 Å². The second-order valence-electron chi connectivity index (χ2n) is 7.85. The van der Waals surface area contributed by atoms with Gasteiger partial charge in [0.15, 0.2) is 0 Å². The molecule has 0 N–H and O–H groups in total. The van der Waals surface area contributed by atoms with Crippen LogP contribution in [0.2, 0.25) is 0 Å². The van der Waals surface area contributed by atoms with Gasteiger partial charge in [-0.15, -0.1) is 0 Å². The van der Waals surface area contributed by atoms with Crippen molar-refractivity contribution in [2.75, 3.05) is 26.2 Å². The van der Waals surface area contributed by atoms with Gasteiger partial charge in [-0.25, -0.2) is 8.42 Å². The minimum atomic E-state index is -4.34. The lowest BCUT2D eigenvalue weighted by atomic mass is 9.85. The van der Waals surface area contributed by atoms with Crippen molar-refractivity contribution >= 4 is 10.0 Å². The van der Waals surface area contributed by atoms with Gasteiger partial charge in [0.2, 0.25) is 10.0 Å². The molecule has 2 aliphatic rings. The molecule has 8 heteroatoms. The summed E-state index contributed by atoms with van der Waals surface area (Å²) in [5.41, 5.74) is 0.0693. The molecule has 2 unspecified atom stereocenters. The molecule has 0 amide bonds. The highest BCUT2D eigenvalue weighted by atomic mass is 32.2. The molecule has 2 atom stereocenters. The number of sulfonamides is 1. The summed E-state index contributed by atoms with van der Waals surface area (Å²) < 4.78 is 65.9. The first-order valence-corrected chi connectivity index (χ1v) is 10.9. The van der Waals surface area contributed by atoms with Crippen molar-refractivity contribution in [3.05, 3.63) is 29.8 Å². The Morgan fingerprint density at radius 1 is 1.15 bits per heavy atom. The van der Waals surface area contributed by atoms with Gasteiger partial charge in [0.25, 0.3) is 0 Å². The fraction of sp³-hybridized carbons (Fsp3) is 0.684. The topological polar surface area (TPSA) is 40.6 Å². The Morgan fingerprint density at radius 2 is 1.78 bits per heavy atom. The van der Waals surface area contributed by atoms with Crippen LogP contribution in [0.1, 0.15) is 44.6 Å². The van der Waals surface area contributed by atoms with Gasteiger partial charge < -0.3 is 4.90 Å². The maximum absolute atomic E-state index is 13.0. The Hall–Kier alpha value is -1.12. The van der Waals surface area contributed by atoms with Crippen LogP contribution in [0, 0.1) is 5.92 Å². The number of alkyl halides is 3. The third-order valence-electron chi connectivity index (χ3n) is 5.87. The molecule has 27 heavy (non-hydrogen) atoms. The molecular weight excluding hydrogens is 377 g/mol. The fourth-order valence-electron chi connectivity index (χ4n) is 3.83. The smallest absolute Gasteiger partial charge is 0.300 e. The molecule has 0 radical (unpaired) electrons. The zero-order chi connectivity index (χ0) is 19.8. The second kappa shape index (κ2) is 7.72. The van der Waals surface area contributed by atoms with E-state index in [9.17, 15) is 21.6 Å². The van der Waals surface area contributed by atoms with Crippen molar-refractivity contribution in [2.24, 2.45) is 5.92 Å². The normalized spacial score (nSPS) is 24.6. The average molecular weight is 404 g/mol. The largest absolute Gasteiger partial charge is 0.395 e. The lowest BCUT2D eigenvalue weighted by Gasteiger charge is -2.41. The molecule has 2 fully saturated rings. The number of hydrogen-bond donors (Lipinski definition) is 0. The summed E-state index contributed by atoms with van der Waals surface area (Å²) in [5.74, 6) is -0.883. The highest BCUT2D eigenvalue weighted by molar-refractivity contribution is 7.89. The maximum atomic E-state index is 13.0. The molecule has 1 aliphatic carbocycles. The number of benzene rings is 1. The van der Waals surface area contributed by atoms with Crippen LogP contribution in [0.15, 0.2) is 29.2 Å². The van der Waals surface area contributed by atoms with E-state index in [1.54, 1.807) is 0 Å². The zero-order valence-corrected chi connectivity index (χ0v) is 16.6. The quantitative estimate of drug-likeness (QED) is 0.749. The van der Waals surface area contributed by atoms with Gasteiger partial charge in [0, 0.05) is 32.2 Å². The van der Waals surface area contributed by atoms with Crippen LogP contribution in [0.3, 0.4) is 0 Å². The van der Waals surface area contributed by atoms with Crippen LogP contribution in [0.4, 0.5) is 13.2 Å². The minimum Gasteiger partial charge on any atom is -0.300 e. The van der Waals surface area contributed by atoms with Gasteiger partial charge in [-0.05, 0) is 50.3 Å². The molecule has 1 aromatic rings. The SMILES string of the molecule is CC1CN(CC2CCC2)CCN1S(=O)(=O)c1ccc(C(C)C(F)(F)F)cc1. The molecule has 1 saturated carbocycles. The van der Waals surface area contributed by atoms with Gasteiger partial charge in [-0.2, -0.15) is 17.5 Å². The van der Waals surface area contributed by atoms with Crippen molar-refractivity contribution in [3.63, 3.8) is 0 Å². The zero-order valence-electron chi connectivity index (χ0n) is 15.7. The summed E-state index contributed by atoms with van der Waals surface area (Å²) in [4.78, 5) is 2.38. The Morgan fingerprint density at radius 3 is 2.26 bits per heavy atom. The van der Waals surface area contributed by atoms with Gasteiger partial charge in [-0.1, -0.05) is 18.6 Å². The van der Waals surface area contributed by atoms with E-state index in [2.05, 4.69) is 4.90 Å². The molecule has 1 aromatic carbocycles. The van der Waals surface area contributed by atoms with Crippen LogP contribution < -0.4 is 0 Å². The van der Waals surface area contributed by atoms with Crippen LogP contribution >= 0.6 is 0 Å². The van der Waals surface area contributed by atoms with E-state index >= 15 is 0 Å². The molecule has 4 nitrogen and oxygen atoms in total. The first-order valence-electron chi connectivity index (χ1n) is 9.50. The highest BCUT2D eigenvalue weighted by Crippen LogP contribution is 2.35. The van der Waals surface area contributed by atoms with E-state index in [0.717, 1.165) is 19.4 Å². The second-order valence-corrected chi connectivity index (χ2v) is 9.74. The van der Waals surface area contributed by atoms with Gasteiger partial charge in [0.05, 0.1) is 10.8 Å². The summed E-state index contributed by atoms with van der Waals surface area (Å²) in [6, 6.07) is 4.96. The standard InChI is InChI=1S/C19H27F3N2O2S/c1-14-12-23(13-16-4-3-5-16)10-11-24(14)27(25,26)18-8-6-17(7-9-18)15(2)19(20,21)22/h6-9,14-16H,3-5,10-13H2,1-2H3. The summed E-state index contributed by atoms with van der Waals surface area (Å²) in [6.45, 7) is 5.80. The summed E-state index contributed by atoms with van der Waals surface area (Å²) in [5, 5.41) is 0. The third-order valence-corrected chi connectivity index (χ3v) is 7.90. The molecule has 3 rings (SSSR count). The Labute approximate surface area is 159 Å². The van der Waals surface area contributed by atoms with E-state index < -0.39 is 22.1 Å². The molecule has 0 aromatic heterocycles. The van der Waals surface area contributed by atoms with Gasteiger partial charge >= 0.3 is 6.18 Å². The van der Waals surface area contributed by atoms with Gasteiger partial charge in [0.1, 0.15) is 0 Å². The number of rotatable bonds is 5. The average Bonchev–Trinajstić information content (AvgIpc) is 2.56. The summed E-state index contributed by atoms with van der Waals surface area (Å²) in [6.07, 6.45) is -0.533. The van der Waals surface area contributed by atoms with Crippen molar-refractivity contribution in [1.82, 2.24) is 9.21 Å². The summed E-state index contributed by atoms with van der Waals surface area (Å²) in [7, 11) is -3.71. The first kappa shape index (κ1) is 20.6. The van der Waals surface area contributed by atoms with Crippen molar-refractivity contribution < 1.29 is 21.6 Å². The Bertz CT molecular complexity index is 745. The van der Waals surface area contributed by atoms with E-state index in [0.29, 0.717) is 19.6 Å². The Kier molecular flexibility index (Phi) is 5.89. The van der Waals surface area contributed by atoms with E-state index in [1.165, 1.54) is 47.8 Å². The molecule has 0 spiro atoms. The van der Waals surface area contributed by atoms with E-state index in [1.807, 2.05) is 6.92 Å². The lowest BCUT2D eigenvalue weighted by Crippen LogP contribution is -2.54. The molecule has 1 aliphatic heterocycles. The lowest BCUT2D eigenvalue weighted by molar-refractivity contribution is -0.146. The molecule has 1 saturated heterocycles. The third kappa shape index (κ3) is 4.49. The number of halogens is 3.